The van der Waals surface area contributed by atoms with Crippen LogP contribution in [0.2, 0.25) is 0 Å². The molecule has 0 aliphatic heterocycles. The van der Waals surface area contributed by atoms with Gasteiger partial charge in [-0.3, -0.25) is 0 Å². The minimum absolute atomic E-state index is 0. The maximum Gasteiger partial charge on any atom is 0.162 e. The summed E-state index contributed by atoms with van der Waals surface area (Å²) in [5.41, 5.74) is 0. The van der Waals surface area contributed by atoms with E-state index in [2.05, 4.69) is 18.8 Å². The summed E-state index contributed by atoms with van der Waals surface area (Å²) in [5.74, 6) is 9.10. The predicted molar refractivity (Wildman–Crippen MR) is 108 cm³/mol. The molecule has 3 fully saturated rings. The molecule has 0 aromatic heterocycles. The van der Waals surface area contributed by atoms with E-state index in [1.165, 1.54) is 38.5 Å². The van der Waals surface area contributed by atoms with Crippen molar-refractivity contribution >= 4 is 0 Å². The maximum absolute atomic E-state index is 13.4. The van der Waals surface area contributed by atoms with E-state index in [1.54, 1.807) is 0 Å². The van der Waals surface area contributed by atoms with Crippen molar-refractivity contribution in [1.82, 2.24) is 0 Å². The van der Waals surface area contributed by atoms with E-state index in [0.29, 0.717) is 5.92 Å². The van der Waals surface area contributed by atoms with Crippen molar-refractivity contribution < 1.29 is 25.6 Å². The third-order valence-corrected chi connectivity index (χ3v) is 6.70. The van der Waals surface area contributed by atoms with Crippen LogP contribution in [0.1, 0.15) is 80.0 Å². The summed E-state index contributed by atoms with van der Waals surface area (Å²) in [6.07, 6.45) is 5.13. The first-order valence-corrected chi connectivity index (χ1v) is 9.96. The lowest BCUT2D eigenvalue weighted by molar-refractivity contribution is 0.0297. The van der Waals surface area contributed by atoms with Gasteiger partial charge in [0, 0.05) is 13.3 Å². The van der Waals surface area contributed by atoms with E-state index in [0.717, 1.165) is 30.6 Å². The molecular formula is C22H41F3O2. The van der Waals surface area contributed by atoms with Crippen LogP contribution in [-0.2, 0) is 0 Å². The van der Waals surface area contributed by atoms with Gasteiger partial charge in [-0.15, -0.1) is 0 Å². The summed E-state index contributed by atoms with van der Waals surface area (Å²) < 4.78 is 40.1. The Kier molecular flexibility index (Phi) is 11.6. The Bertz CT molecular complexity index is 454. The highest BCUT2D eigenvalue weighted by molar-refractivity contribution is 5.11. The highest BCUT2D eigenvalue weighted by atomic mass is 19.2. The number of hydrogen-bond donors (Lipinski definition) is 0. The van der Waals surface area contributed by atoms with Gasteiger partial charge < -0.3 is 11.0 Å². The van der Waals surface area contributed by atoms with E-state index in [1.807, 2.05) is 0 Å². The second-order valence-corrected chi connectivity index (χ2v) is 8.57. The summed E-state index contributed by atoms with van der Waals surface area (Å²) in [6, 6.07) is 0. The van der Waals surface area contributed by atoms with Crippen molar-refractivity contribution in [3.8, 4) is 11.8 Å². The van der Waals surface area contributed by atoms with Gasteiger partial charge in [-0.25, -0.2) is 13.2 Å². The highest BCUT2D eigenvalue weighted by Gasteiger charge is 2.38. The Morgan fingerprint density at radius 2 is 1.07 bits per heavy atom. The van der Waals surface area contributed by atoms with Crippen LogP contribution in [0.15, 0.2) is 0 Å². The van der Waals surface area contributed by atoms with Gasteiger partial charge in [-0.1, -0.05) is 39.0 Å². The molecule has 162 valence electrons. The fraction of sp³-hybridized carbons (Fsp3) is 0.909. The Morgan fingerprint density at radius 1 is 0.667 bits per heavy atom. The number of alkyl halides is 3. The Balaban J connectivity index is 0. The summed E-state index contributed by atoms with van der Waals surface area (Å²) in [7, 11) is 0. The van der Waals surface area contributed by atoms with Crippen molar-refractivity contribution in [2.45, 2.75) is 97.1 Å². The monoisotopic (exact) mass is 394 g/mol. The molecule has 4 N–H and O–H groups in total. The molecule has 2 unspecified atom stereocenters. The Hall–Kier alpha value is -0.730. The normalized spacial score (nSPS) is 41.6. The van der Waals surface area contributed by atoms with Crippen molar-refractivity contribution in [3.05, 3.63) is 0 Å². The average Bonchev–Trinajstić information content (AvgIpc) is 2.59. The smallest absolute Gasteiger partial charge is 0.162 e. The van der Waals surface area contributed by atoms with Crippen molar-refractivity contribution in [3.63, 3.8) is 0 Å². The SMILES string of the molecule is C.CC1CCC(C2CCC(C#CC3CC(F)C(F)C(F)C3)CC2)CC1.O.O.[HH]. The lowest BCUT2D eigenvalue weighted by Gasteiger charge is -2.36. The molecule has 0 aromatic carbocycles. The van der Waals surface area contributed by atoms with Crippen LogP contribution in [0.5, 0.6) is 0 Å². The summed E-state index contributed by atoms with van der Waals surface area (Å²) >= 11 is 0. The fourth-order valence-electron chi connectivity index (χ4n) is 4.97. The quantitative estimate of drug-likeness (QED) is 0.543. The molecule has 2 nitrogen and oxygen atoms in total. The molecule has 0 saturated heterocycles. The first kappa shape index (κ1) is 26.3. The molecule has 0 bridgehead atoms. The average molecular weight is 395 g/mol. The Labute approximate surface area is 164 Å². The van der Waals surface area contributed by atoms with Crippen molar-refractivity contribution in [2.75, 3.05) is 0 Å². The molecule has 3 aliphatic carbocycles. The summed E-state index contributed by atoms with van der Waals surface area (Å²) in [4.78, 5) is 0. The predicted octanol–water partition coefficient (Wildman–Crippen LogP) is 5.28. The van der Waals surface area contributed by atoms with Crippen LogP contribution in [0, 0.1) is 41.4 Å². The molecule has 0 aromatic rings. The van der Waals surface area contributed by atoms with Crippen molar-refractivity contribution in [2.24, 2.45) is 29.6 Å². The molecule has 3 aliphatic rings. The zero-order valence-electron chi connectivity index (χ0n) is 15.8. The molecule has 0 heterocycles. The van der Waals surface area contributed by atoms with E-state index in [4.69, 9.17) is 0 Å². The minimum atomic E-state index is -1.95. The summed E-state index contributed by atoms with van der Waals surface area (Å²) in [5, 5.41) is 0. The topological polar surface area (TPSA) is 63.0 Å². The van der Waals surface area contributed by atoms with Crippen LogP contribution in [-0.4, -0.2) is 29.5 Å². The van der Waals surface area contributed by atoms with E-state index >= 15 is 0 Å². The molecular weight excluding hydrogens is 353 g/mol. The zero-order chi connectivity index (χ0) is 17.1. The number of halogens is 3. The molecule has 27 heavy (non-hydrogen) atoms. The lowest BCUT2D eigenvalue weighted by atomic mass is 9.69. The van der Waals surface area contributed by atoms with Crippen LogP contribution < -0.4 is 0 Å². The van der Waals surface area contributed by atoms with Crippen molar-refractivity contribution in [1.29, 1.82) is 0 Å². The molecule has 5 heteroatoms. The number of rotatable bonds is 1. The second kappa shape index (κ2) is 12.0. The molecule has 0 radical (unpaired) electrons. The lowest BCUT2D eigenvalue weighted by Crippen LogP contribution is -2.36. The standard InChI is InChI=1S/C21H31F3.CH4.2H2O.H2/c1-14-2-8-17(9-3-14)18-10-6-15(7-11-18)4-5-16-12-19(22)21(24)20(23)13-16;;;;/h14-21H,2-3,6-13H2,1H3;1H4;2*1H2;1H. The van der Waals surface area contributed by atoms with E-state index in [-0.39, 0.29) is 38.6 Å². The molecule has 3 saturated carbocycles. The van der Waals surface area contributed by atoms with Gasteiger partial charge >= 0.3 is 0 Å². The zero-order valence-corrected chi connectivity index (χ0v) is 15.8. The third-order valence-electron chi connectivity index (χ3n) is 6.70. The van der Waals surface area contributed by atoms with Gasteiger partial charge in [-0.05, 0) is 69.1 Å². The van der Waals surface area contributed by atoms with E-state index < -0.39 is 18.5 Å². The van der Waals surface area contributed by atoms with E-state index in [9.17, 15) is 13.2 Å². The first-order valence-electron chi connectivity index (χ1n) is 9.96. The van der Waals surface area contributed by atoms with Crippen LogP contribution in [0.4, 0.5) is 13.2 Å². The molecule has 0 amide bonds. The minimum Gasteiger partial charge on any atom is -0.412 e. The molecule has 2 atom stereocenters. The van der Waals surface area contributed by atoms with Gasteiger partial charge in [0.15, 0.2) is 6.17 Å². The van der Waals surface area contributed by atoms with Crippen LogP contribution >= 0.6 is 0 Å². The third kappa shape index (κ3) is 6.98. The summed E-state index contributed by atoms with van der Waals surface area (Å²) in [6.45, 7) is 2.36. The highest BCUT2D eigenvalue weighted by Crippen LogP contribution is 2.41. The van der Waals surface area contributed by atoms with Crippen LogP contribution in [0.25, 0.3) is 0 Å². The molecule has 3 rings (SSSR count). The largest absolute Gasteiger partial charge is 0.412 e. The first-order chi connectivity index (χ1) is 11.5. The second-order valence-electron chi connectivity index (χ2n) is 8.57. The van der Waals surface area contributed by atoms with Gasteiger partial charge in [0.25, 0.3) is 0 Å². The van der Waals surface area contributed by atoms with Crippen LogP contribution in [0.3, 0.4) is 0 Å². The van der Waals surface area contributed by atoms with Gasteiger partial charge in [0.2, 0.25) is 0 Å². The maximum atomic E-state index is 13.4. The van der Waals surface area contributed by atoms with Gasteiger partial charge in [0.05, 0.1) is 0 Å². The van der Waals surface area contributed by atoms with Gasteiger partial charge in [-0.2, -0.15) is 0 Å². The fourth-order valence-corrected chi connectivity index (χ4v) is 4.97. The number of hydrogen-bond acceptors (Lipinski definition) is 0. The molecule has 0 spiro atoms. The van der Waals surface area contributed by atoms with Gasteiger partial charge in [0.1, 0.15) is 12.3 Å². The Morgan fingerprint density at radius 3 is 1.56 bits per heavy atom.